The van der Waals surface area contributed by atoms with Crippen molar-refractivity contribution in [3.05, 3.63) is 29.1 Å². The third-order valence-corrected chi connectivity index (χ3v) is 3.03. The Kier molecular flexibility index (Phi) is 1.75. The molecule has 0 amide bonds. The first-order chi connectivity index (χ1) is 7.34. The van der Waals surface area contributed by atoms with Crippen LogP contribution in [0.5, 0.6) is 0 Å². The van der Waals surface area contributed by atoms with Gasteiger partial charge in [-0.2, -0.15) is 0 Å². The van der Waals surface area contributed by atoms with Crippen LogP contribution in [0.3, 0.4) is 0 Å². The summed E-state index contributed by atoms with van der Waals surface area (Å²) in [6.07, 6.45) is 0. The van der Waals surface area contributed by atoms with Crippen LogP contribution in [-0.4, -0.2) is 25.3 Å². The third kappa shape index (κ3) is 1.30. The molecule has 0 N–H and O–H groups in total. The summed E-state index contributed by atoms with van der Waals surface area (Å²) in [5.74, 6) is 0. The van der Waals surface area contributed by atoms with Gasteiger partial charge in [-0.05, 0) is 40.4 Å². The molecule has 0 aliphatic heterocycles. The first-order valence-corrected chi connectivity index (χ1v) is 5.32. The van der Waals surface area contributed by atoms with Crippen LogP contribution in [0.2, 0.25) is 0 Å². The molecule has 0 aliphatic carbocycles. The lowest BCUT2D eigenvalue weighted by molar-refractivity contribution is 0.735. The second-order valence-corrected chi connectivity index (χ2v) is 4.13. The molecule has 0 radical (unpaired) electrons. The molecule has 0 unspecified atom stereocenters. The molecule has 0 atom stereocenters. The zero-order valence-electron chi connectivity index (χ0n) is 7.95. The average molecular weight is 217 g/mol. The summed E-state index contributed by atoms with van der Waals surface area (Å²) in [4.78, 5) is 1.12. The van der Waals surface area contributed by atoms with Crippen molar-refractivity contribution in [2.75, 3.05) is 0 Å². The molecule has 3 rings (SSSR count). The van der Waals surface area contributed by atoms with Gasteiger partial charge in [-0.3, -0.25) is 0 Å². The van der Waals surface area contributed by atoms with E-state index in [4.69, 9.17) is 0 Å². The molecule has 0 aliphatic rings. The van der Waals surface area contributed by atoms with Crippen molar-refractivity contribution >= 4 is 17.0 Å². The minimum absolute atomic E-state index is 0.704. The molecule has 3 aromatic rings. The van der Waals surface area contributed by atoms with E-state index in [0.29, 0.717) is 5.65 Å². The second-order valence-electron chi connectivity index (χ2n) is 3.18. The summed E-state index contributed by atoms with van der Waals surface area (Å²) < 4.78 is 1.46. The molecular formula is C9H7N5S. The molecule has 6 heteroatoms. The lowest BCUT2D eigenvalue weighted by Gasteiger charge is -1.99. The van der Waals surface area contributed by atoms with Crippen LogP contribution in [0.25, 0.3) is 16.2 Å². The van der Waals surface area contributed by atoms with E-state index in [1.807, 2.05) is 30.5 Å². The van der Waals surface area contributed by atoms with E-state index < -0.39 is 0 Å². The van der Waals surface area contributed by atoms with Gasteiger partial charge in [-0.25, -0.2) is 0 Å². The first-order valence-electron chi connectivity index (χ1n) is 4.44. The van der Waals surface area contributed by atoms with Crippen molar-refractivity contribution in [3.63, 3.8) is 0 Å². The number of aromatic nitrogens is 5. The molecule has 74 valence electrons. The van der Waals surface area contributed by atoms with Crippen molar-refractivity contribution in [1.82, 2.24) is 25.3 Å². The van der Waals surface area contributed by atoms with E-state index in [1.54, 1.807) is 11.3 Å². The summed E-state index contributed by atoms with van der Waals surface area (Å²) in [5.41, 5.74) is 2.64. The van der Waals surface area contributed by atoms with Gasteiger partial charge in [0, 0.05) is 0 Å². The standard InChI is InChI=1S/C9H7N5S/c1-6-5-7(8-3-2-4-15-8)11-14-9(6)10-12-13-14/h2-5H,1H3. The fourth-order valence-electron chi connectivity index (χ4n) is 1.43. The van der Waals surface area contributed by atoms with Gasteiger partial charge < -0.3 is 0 Å². The number of thiophene rings is 1. The van der Waals surface area contributed by atoms with E-state index in [-0.39, 0.29) is 0 Å². The largest absolute Gasteiger partial charge is 0.202 e. The van der Waals surface area contributed by atoms with E-state index in [1.165, 1.54) is 4.63 Å². The van der Waals surface area contributed by atoms with Gasteiger partial charge in [-0.1, -0.05) is 6.07 Å². The lowest BCUT2D eigenvalue weighted by Crippen LogP contribution is -1.97. The SMILES string of the molecule is Cc1cc(-c2cccs2)nn2nnnc12. The number of fused-ring (bicyclic) bond motifs is 1. The Morgan fingerprint density at radius 3 is 3.13 bits per heavy atom. The maximum atomic E-state index is 4.33. The molecule has 0 fully saturated rings. The zero-order valence-corrected chi connectivity index (χ0v) is 8.77. The normalized spacial score (nSPS) is 11.0. The van der Waals surface area contributed by atoms with Crippen LogP contribution < -0.4 is 0 Å². The highest BCUT2D eigenvalue weighted by atomic mass is 32.1. The molecule has 0 bridgehead atoms. The number of hydrogen-bond donors (Lipinski definition) is 0. The monoisotopic (exact) mass is 217 g/mol. The molecule has 0 aromatic carbocycles. The Balaban J connectivity index is 2.29. The Morgan fingerprint density at radius 1 is 1.40 bits per heavy atom. The summed E-state index contributed by atoms with van der Waals surface area (Å²) in [5, 5.41) is 17.6. The summed E-state index contributed by atoms with van der Waals surface area (Å²) in [6.45, 7) is 1.98. The van der Waals surface area contributed by atoms with E-state index >= 15 is 0 Å². The molecule has 5 nitrogen and oxygen atoms in total. The van der Waals surface area contributed by atoms with E-state index in [2.05, 4.69) is 20.6 Å². The molecule has 15 heavy (non-hydrogen) atoms. The third-order valence-electron chi connectivity index (χ3n) is 2.14. The van der Waals surface area contributed by atoms with Crippen LogP contribution in [0.1, 0.15) is 5.56 Å². The van der Waals surface area contributed by atoms with Gasteiger partial charge in [0.05, 0.1) is 4.88 Å². The molecule has 3 aromatic heterocycles. The number of tetrazole rings is 1. The van der Waals surface area contributed by atoms with E-state index in [0.717, 1.165) is 16.1 Å². The summed E-state index contributed by atoms with van der Waals surface area (Å²) >= 11 is 1.65. The quantitative estimate of drug-likeness (QED) is 0.620. The Morgan fingerprint density at radius 2 is 2.33 bits per heavy atom. The fourth-order valence-corrected chi connectivity index (χ4v) is 2.11. The highest BCUT2D eigenvalue weighted by molar-refractivity contribution is 7.13. The molecule has 0 saturated carbocycles. The minimum Gasteiger partial charge on any atom is -0.146 e. The predicted molar refractivity (Wildman–Crippen MR) is 56.6 cm³/mol. The molecule has 0 saturated heterocycles. The topological polar surface area (TPSA) is 56.0 Å². The number of aryl methyl sites for hydroxylation is 1. The van der Waals surface area contributed by atoms with Gasteiger partial charge in [0.1, 0.15) is 5.69 Å². The fraction of sp³-hybridized carbons (Fsp3) is 0.111. The van der Waals surface area contributed by atoms with Crippen molar-refractivity contribution in [1.29, 1.82) is 0 Å². The highest BCUT2D eigenvalue weighted by Crippen LogP contribution is 2.23. The van der Waals surface area contributed by atoms with Crippen LogP contribution in [0.4, 0.5) is 0 Å². The van der Waals surface area contributed by atoms with Crippen molar-refractivity contribution in [2.45, 2.75) is 6.92 Å². The predicted octanol–water partition coefficient (Wildman–Crippen LogP) is 1.56. The number of rotatable bonds is 1. The Bertz CT molecular complexity index is 598. The smallest absolute Gasteiger partial charge is 0.146 e. The number of hydrogen-bond acceptors (Lipinski definition) is 5. The molecule has 3 heterocycles. The van der Waals surface area contributed by atoms with Crippen LogP contribution in [0.15, 0.2) is 23.6 Å². The second kappa shape index (κ2) is 3.09. The van der Waals surface area contributed by atoms with Crippen LogP contribution in [-0.2, 0) is 0 Å². The van der Waals surface area contributed by atoms with Crippen LogP contribution >= 0.6 is 11.3 Å². The summed E-state index contributed by atoms with van der Waals surface area (Å²) in [7, 11) is 0. The summed E-state index contributed by atoms with van der Waals surface area (Å²) in [6, 6.07) is 6.03. The van der Waals surface area contributed by atoms with Crippen molar-refractivity contribution in [2.24, 2.45) is 0 Å². The first kappa shape index (κ1) is 8.49. The Labute approximate surface area is 89.4 Å². The Hall–Kier alpha value is -1.82. The molecular weight excluding hydrogens is 210 g/mol. The van der Waals surface area contributed by atoms with E-state index in [9.17, 15) is 0 Å². The number of nitrogens with zero attached hydrogens (tertiary/aromatic N) is 5. The highest BCUT2D eigenvalue weighted by Gasteiger charge is 2.07. The minimum atomic E-state index is 0.704. The van der Waals surface area contributed by atoms with Gasteiger partial charge in [0.2, 0.25) is 5.65 Å². The van der Waals surface area contributed by atoms with Crippen molar-refractivity contribution in [3.8, 4) is 10.6 Å². The van der Waals surface area contributed by atoms with Crippen molar-refractivity contribution < 1.29 is 0 Å². The van der Waals surface area contributed by atoms with Gasteiger partial charge in [0.15, 0.2) is 0 Å². The van der Waals surface area contributed by atoms with Crippen LogP contribution in [0, 0.1) is 6.92 Å². The molecule has 0 spiro atoms. The maximum Gasteiger partial charge on any atom is 0.202 e. The maximum absolute atomic E-state index is 4.33. The lowest BCUT2D eigenvalue weighted by atomic mass is 10.2. The average Bonchev–Trinajstić information content (AvgIpc) is 2.88. The van der Waals surface area contributed by atoms with Gasteiger partial charge in [-0.15, -0.1) is 26.2 Å². The zero-order chi connectivity index (χ0) is 10.3. The van der Waals surface area contributed by atoms with Gasteiger partial charge >= 0.3 is 0 Å². The van der Waals surface area contributed by atoms with Gasteiger partial charge in [0.25, 0.3) is 0 Å².